The van der Waals surface area contributed by atoms with Crippen LogP contribution in [0.25, 0.3) is 5.69 Å². The number of aromatic nitrogens is 4. The number of likely N-dealkylation sites (tertiary alicyclic amines) is 1. The molecule has 2 aromatic rings. The summed E-state index contributed by atoms with van der Waals surface area (Å²) in [7, 11) is 0. The largest absolute Gasteiger partial charge is 0.476 e. The molecule has 1 aliphatic rings. The van der Waals surface area contributed by atoms with E-state index >= 15 is 0 Å². The standard InChI is InChI=1S/C14H13F4N5O2/c15-9-3-8(23-6-10(14(24)25)20-21-23)4-19-11(9)7-1-2-22(5-7)13(18)12(16)17/h3-4,6-7,12-13H,1-2,5H2,(H,24,25). The van der Waals surface area contributed by atoms with E-state index in [4.69, 9.17) is 5.11 Å². The van der Waals surface area contributed by atoms with Gasteiger partial charge in [0.1, 0.15) is 5.82 Å². The topological polar surface area (TPSA) is 84.1 Å². The van der Waals surface area contributed by atoms with E-state index in [9.17, 15) is 22.4 Å². The summed E-state index contributed by atoms with van der Waals surface area (Å²) >= 11 is 0. The molecule has 0 aromatic carbocycles. The van der Waals surface area contributed by atoms with Crippen molar-refractivity contribution < 1.29 is 27.5 Å². The summed E-state index contributed by atoms with van der Waals surface area (Å²) in [5, 5.41) is 15.8. The van der Waals surface area contributed by atoms with Crippen molar-refractivity contribution >= 4 is 5.97 Å². The molecule has 2 unspecified atom stereocenters. The Balaban J connectivity index is 1.77. The van der Waals surface area contributed by atoms with Crippen molar-refractivity contribution in [1.29, 1.82) is 0 Å². The van der Waals surface area contributed by atoms with Crippen molar-refractivity contribution in [3.63, 3.8) is 0 Å². The second-order valence-electron chi connectivity index (χ2n) is 5.60. The number of carboxylic acid groups (broad SMARTS) is 1. The summed E-state index contributed by atoms with van der Waals surface area (Å²) in [6, 6.07) is 1.09. The number of alkyl halides is 3. The molecule has 3 heterocycles. The van der Waals surface area contributed by atoms with Gasteiger partial charge in [-0.3, -0.25) is 9.88 Å². The van der Waals surface area contributed by atoms with Gasteiger partial charge in [-0.15, -0.1) is 5.10 Å². The molecule has 25 heavy (non-hydrogen) atoms. The third kappa shape index (κ3) is 3.45. The zero-order chi connectivity index (χ0) is 18.1. The summed E-state index contributed by atoms with van der Waals surface area (Å²) < 4.78 is 53.6. The lowest BCUT2D eigenvalue weighted by atomic mass is 10.0. The molecule has 1 saturated heterocycles. The van der Waals surface area contributed by atoms with E-state index < -0.39 is 30.4 Å². The first-order valence-electron chi connectivity index (χ1n) is 7.34. The molecule has 0 aliphatic carbocycles. The van der Waals surface area contributed by atoms with Crippen molar-refractivity contribution in [2.45, 2.75) is 25.1 Å². The molecule has 1 N–H and O–H groups in total. The Labute approximate surface area is 138 Å². The van der Waals surface area contributed by atoms with Crippen LogP contribution >= 0.6 is 0 Å². The van der Waals surface area contributed by atoms with Gasteiger partial charge >= 0.3 is 5.97 Å². The minimum absolute atomic E-state index is 0.0475. The molecule has 0 bridgehead atoms. The van der Waals surface area contributed by atoms with Gasteiger partial charge in [-0.25, -0.2) is 27.0 Å². The molecule has 11 heteroatoms. The molecule has 3 rings (SSSR count). The molecular weight excluding hydrogens is 346 g/mol. The Morgan fingerprint density at radius 2 is 2.12 bits per heavy atom. The molecule has 0 radical (unpaired) electrons. The zero-order valence-electron chi connectivity index (χ0n) is 12.7. The van der Waals surface area contributed by atoms with Crippen LogP contribution in [0.4, 0.5) is 17.6 Å². The highest BCUT2D eigenvalue weighted by Crippen LogP contribution is 2.30. The molecule has 1 aliphatic heterocycles. The Morgan fingerprint density at radius 3 is 2.72 bits per heavy atom. The van der Waals surface area contributed by atoms with Gasteiger partial charge in [0, 0.05) is 25.1 Å². The fourth-order valence-corrected chi connectivity index (χ4v) is 2.75. The summed E-state index contributed by atoms with van der Waals surface area (Å²) in [4.78, 5) is 15.7. The lowest BCUT2D eigenvalue weighted by Crippen LogP contribution is -2.35. The minimum Gasteiger partial charge on any atom is -0.476 e. The van der Waals surface area contributed by atoms with Crippen LogP contribution in [-0.2, 0) is 0 Å². The van der Waals surface area contributed by atoms with E-state index in [-0.39, 0.29) is 30.2 Å². The predicted molar refractivity (Wildman–Crippen MR) is 75.9 cm³/mol. The van der Waals surface area contributed by atoms with Crippen LogP contribution in [0, 0.1) is 5.82 Å². The van der Waals surface area contributed by atoms with Crippen LogP contribution in [0.15, 0.2) is 18.5 Å². The van der Waals surface area contributed by atoms with Gasteiger partial charge in [0.15, 0.2) is 5.69 Å². The first-order chi connectivity index (χ1) is 11.9. The van der Waals surface area contributed by atoms with E-state index in [0.29, 0.717) is 6.42 Å². The quantitative estimate of drug-likeness (QED) is 0.648. The number of rotatable bonds is 5. The second-order valence-corrected chi connectivity index (χ2v) is 5.60. The Morgan fingerprint density at radius 1 is 1.36 bits per heavy atom. The van der Waals surface area contributed by atoms with Crippen LogP contribution in [0.1, 0.15) is 28.5 Å². The number of pyridine rings is 1. The first-order valence-corrected chi connectivity index (χ1v) is 7.34. The lowest BCUT2D eigenvalue weighted by molar-refractivity contribution is -0.0389. The van der Waals surface area contributed by atoms with Crippen molar-refractivity contribution in [3.05, 3.63) is 35.7 Å². The van der Waals surface area contributed by atoms with E-state index in [2.05, 4.69) is 15.3 Å². The second kappa shape index (κ2) is 6.75. The molecule has 134 valence electrons. The van der Waals surface area contributed by atoms with Crippen molar-refractivity contribution in [1.82, 2.24) is 24.9 Å². The van der Waals surface area contributed by atoms with Gasteiger partial charge in [-0.1, -0.05) is 5.21 Å². The third-order valence-corrected chi connectivity index (χ3v) is 4.00. The summed E-state index contributed by atoms with van der Waals surface area (Å²) in [5.74, 6) is -2.48. The zero-order valence-corrected chi connectivity index (χ0v) is 12.7. The molecule has 0 amide bonds. The fraction of sp³-hybridized carbons (Fsp3) is 0.429. The van der Waals surface area contributed by atoms with Crippen LogP contribution in [-0.4, -0.2) is 61.8 Å². The van der Waals surface area contributed by atoms with Gasteiger partial charge in [-0.05, 0) is 6.42 Å². The SMILES string of the molecule is O=C(O)c1cn(-c2cnc(C3CCN(C(F)C(F)F)C3)c(F)c2)nn1. The molecule has 2 aromatic heterocycles. The molecule has 2 atom stereocenters. The molecular formula is C14H13F4N5O2. The summed E-state index contributed by atoms with van der Waals surface area (Å²) in [5.41, 5.74) is -0.102. The Hall–Kier alpha value is -2.56. The van der Waals surface area contributed by atoms with Crippen LogP contribution in [0.3, 0.4) is 0 Å². The minimum atomic E-state index is -3.12. The van der Waals surface area contributed by atoms with Crippen molar-refractivity contribution in [2.24, 2.45) is 0 Å². The number of aromatic carboxylic acids is 1. The maximum Gasteiger partial charge on any atom is 0.358 e. The van der Waals surface area contributed by atoms with E-state index in [1.165, 1.54) is 6.20 Å². The predicted octanol–water partition coefficient (Wildman–Crippen LogP) is 1.85. The highest BCUT2D eigenvalue weighted by atomic mass is 19.3. The number of carbonyl (C=O) groups is 1. The molecule has 0 spiro atoms. The highest BCUT2D eigenvalue weighted by Gasteiger charge is 2.35. The van der Waals surface area contributed by atoms with Gasteiger partial charge in [0.05, 0.1) is 23.8 Å². The Bertz CT molecular complexity index is 784. The average Bonchev–Trinajstić information content (AvgIpc) is 3.23. The smallest absolute Gasteiger partial charge is 0.358 e. The number of carboxylic acids is 1. The normalized spacial score (nSPS) is 19.5. The lowest BCUT2D eigenvalue weighted by Gasteiger charge is -2.20. The van der Waals surface area contributed by atoms with E-state index in [0.717, 1.165) is 21.8 Å². The van der Waals surface area contributed by atoms with Crippen molar-refractivity contribution in [3.8, 4) is 5.69 Å². The summed E-state index contributed by atoms with van der Waals surface area (Å²) in [6.07, 6.45) is -2.82. The number of hydrogen-bond acceptors (Lipinski definition) is 5. The van der Waals surface area contributed by atoms with Gasteiger partial charge in [0.2, 0.25) is 6.30 Å². The molecule has 0 saturated carbocycles. The third-order valence-electron chi connectivity index (χ3n) is 4.00. The van der Waals surface area contributed by atoms with Crippen LogP contribution < -0.4 is 0 Å². The summed E-state index contributed by atoms with van der Waals surface area (Å²) in [6.45, 7) is 0.0331. The number of hydrogen-bond donors (Lipinski definition) is 1. The number of halogens is 4. The maximum atomic E-state index is 14.3. The number of nitrogens with zero attached hydrogens (tertiary/aromatic N) is 5. The maximum absolute atomic E-state index is 14.3. The molecule has 7 nitrogen and oxygen atoms in total. The van der Waals surface area contributed by atoms with E-state index in [1.807, 2.05) is 0 Å². The van der Waals surface area contributed by atoms with Crippen LogP contribution in [0.2, 0.25) is 0 Å². The van der Waals surface area contributed by atoms with Crippen LogP contribution in [0.5, 0.6) is 0 Å². The Kier molecular flexibility index (Phi) is 4.66. The molecule has 1 fully saturated rings. The highest BCUT2D eigenvalue weighted by molar-refractivity contribution is 5.84. The monoisotopic (exact) mass is 359 g/mol. The first kappa shape index (κ1) is 17.3. The fourth-order valence-electron chi connectivity index (χ4n) is 2.75. The van der Waals surface area contributed by atoms with Gasteiger partial charge in [-0.2, -0.15) is 0 Å². The van der Waals surface area contributed by atoms with Gasteiger partial charge < -0.3 is 5.11 Å². The van der Waals surface area contributed by atoms with Gasteiger partial charge in [0.25, 0.3) is 6.43 Å². The van der Waals surface area contributed by atoms with E-state index in [1.54, 1.807) is 0 Å². The average molecular weight is 359 g/mol. The van der Waals surface area contributed by atoms with Crippen molar-refractivity contribution in [2.75, 3.05) is 13.1 Å².